The van der Waals surface area contributed by atoms with Gasteiger partial charge in [-0.15, -0.1) is 0 Å². The summed E-state index contributed by atoms with van der Waals surface area (Å²) in [7, 11) is 0. The molecule has 14 heavy (non-hydrogen) atoms. The van der Waals surface area contributed by atoms with Crippen LogP contribution in [0.1, 0.15) is 34.6 Å². The van der Waals surface area contributed by atoms with E-state index in [1.54, 1.807) is 13.8 Å². The number of ether oxygens (including phenoxy) is 1. The third kappa shape index (κ3) is 9.48. The molecule has 0 unspecified atom stereocenters. The Labute approximate surface area is 85.6 Å². The summed E-state index contributed by atoms with van der Waals surface area (Å²) in [6, 6.07) is 0. The Morgan fingerprint density at radius 1 is 1.29 bits per heavy atom. The van der Waals surface area contributed by atoms with Gasteiger partial charge in [-0.3, -0.25) is 4.79 Å². The summed E-state index contributed by atoms with van der Waals surface area (Å²) < 4.78 is 5.07. The number of rotatable bonds is 4. The van der Waals surface area contributed by atoms with Crippen LogP contribution in [0.4, 0.5) is 0 Å². The predicted molar refractivity (Wildman–Crippen MR) is 55.0 cm³/mol. The van der Waals surface area contributed by atoms with Crippen molar-refractivity contribution < 1.29 is 14.6 Å². The van der Waals surface area contributed by atoms with Gasteiger partial charge in [-0.1, -0.05) is 0 Å². The average Bonchev–Trinajstić information content (AvgIpc) is 1.78. The molecule has 0 amide bonds. The first kappa shape index (κ1) is 13.4. The fourth-order valence-corrected chi connectivity index (χ4v) is 0.848. The lowest BCUT2D eigenvalue weighted by Gasteiger charge is -2.21. The zero-order valence-electron chi connectivity index (χ0n) is 9.68. The molecule has 0 bridgehead atoms. The van der Waals surface area contributed by atoms with Gasteiger partial charge in [-0.25, -0.2) is 0 Å². The van der Waals surface area contributed by atoms with E-state index in [0.29, 0.717) is 6.54 Å². The first-order valence-electron chi connectivity index (χ1n) is 4.75. The van der Waals surface area contributed by atoms with Crippen LogP contribution >= 0.6 is 0 Å². The van der Waals surface area contributed by atoms with Crippen molar-refractivity contribution in [2.75, 3.05) is 13.1 Å². The highest BCUT2D eigenvalue weighted by Gasteiger charge is 2.17. The minimum absolute atomic E-state index is 0.126. The number of aliphatic hydroxyl groups is 1. The molecule has 0 heterocycles. The highest BCUT2D eigenvalue weighted by molar-refractivity contribution is 5.72. The molecule has 4 heteroatoms. The number of hydrogen-bond donors (Lipinski definition) is 2. The van der Waals surface area contributed by atoms with Crippen LogP contribution in [0.2, 0.25) is 0 Å². The van der Waals surface area contributed by atoms with E-state index in [0.717, 1.165) is 0 Å². The molecule has 0 rings (SSSR count). The van der Waals surface area contributed by atoms with E-state index < -0.39 is 11.2 Å². The Kier molecular flexibility index (Phi) is 4.55. The van der Waals surface area contributed by atoms with Gasteiger partial charge in [0.1, 0.15) is 5.60 Å². The largest absolute Gasteiger partial charge is 0.459 e. The van der Waals surface area contributed by atoms with Crippen molar-refractivity contribution in [2.24, 2.45) is 0 Å². The van der Waals surface area contributed by atoms with E-state index >= 15 is 0 Å². The third-order valence-electron chi connectivity index (χ3n) is 1.25. The summed E-state index contributed by atoms with van der Waals surface area (Å²) in [5, 5.41) is 12.2. The van der Waals surface area contributed by atoms with Crippen LogP contribution in [0.5, 0.6) is 0 Å². The summed E-state index contributed by atoms with van der Waals surface area (Å²) in [6.45, 7) is 9.31. The van der Waals surface area contributed by atoms with Gasteiger partial charge >= 0.3 is 5.97 Å². The second-order valence-electron chi connectivity index (χ2n) is 5.00. The third-order valence-corrected chi connectivity index (χ3v) is 1.25. The maximum Gasteiger partial charge on any atom is 0.320 e. The lowest BCUT2D eigenvalue weighted by Crippen LogP contribution is -2.39. The van der Waals surface area contributed by atoms with Crippen LogP contribution in [-0.4, -0.2) is 35.4 Å². The van der Waals surface area contributed by atoms with Crippen LogP contribution in [0.25, 0.3) is 0 Å². The van der Waals surface area contributed by atoms with Crippen molar-refractivity contribution in [1.29, 1.82) is 0 Å². The molecule has 0 aliphatic heterocycles. The second-order valence-corrected chi connectivity index (χ2v) is 5.00. The van der Waals surface area contributed by atoms with E-state index in [2.05, 4.69) is 5.32 Å². The van der Waals surface area contributed by atoms with E-state index in [-0.39, 0.29) is 12.5 Å². The first-order valence-corrected chi connectivity index (χ1v) is 4.75. The highest BCUT2D eigenvalue weighted by atomic mass is 16.6. The van der Waals surface area contributed by atoms with Gasteiger partial charge in [0.15, 0.2) is 0 Å². The quantitative estimate of drug-likeness (QED) is 0.660. The summed E-state index contributed by atoms with van der Waals surface area (Å²) in [6.07, 6.45) is 0. The lowest BCUT2D eigenvalue weighted by atomic mass is 10.1. The molecule has 0 fully saturated rings. The van der Waals surface area contributed by atoms with Crippen molar-refractivity contribution in [3.05, 3.63) is 0 Å². The molecule has 2 N–H and O–H groups in total. The molecule has 84 valence electrons. The summed E-state index contributed by atoms with van der Waals surface area (Å²) in [5.74, 6) is -0.304. The maximum atomic E-state index is 11.2. The molecule has 0 aromatic heterocycles. The molecule has 0 aromatic carbocycles. The Morgan fingerprint density at radius 2 is 1.79 bits per heavy atom. The summed E-state index contributed by atoms with van der Waals surface area (Å²) in [4.78, 5) is 11.2. The standard InChI is InChI=1S/C10H21NO3/c1-9(2,3)14-8(12)6-11-7-10(4,5)13/h11,13H,6-7H2,1-5H3. The van der Waals surface area contributed by atoms with Crippen molar-refractivity contribution >= 4 is 5.97 Å². The molecule has 0 aliphatic carbocycles. The molecule has 0 saturated carbocycles. The van der Waals surface area contributed by atoms with Crippen molar-refractivity contribution in [1.82, 2.24) is 5.32 Å². The number of hydrogen-bond acceptors (Lipinski definition) is 4. The van der Waals surface area contributed by atoms with Gasteiger partial charge < -0.3 is 15.2 Å². The van der Waals surface area contributed by atoms with Gasteiger partial charge in [0.05, 0.1) is 12.1 Å². The molecule has 0 radical (unpaired) electrons. The van der Waals surface area contributed by atoms with Gasteiger partial charge in [0, 0.05) is 6.54 Å². The highest BCUT2D eigenvalue weighted by Crippen LogP contribution is 2.06. The van der Waals surface area contributed by atoms with Gasteiger partial charge in [0.25, 0.3) is 0 Å². The fourth-order valence-electron chi connectivity index (χ4n) is 0.848. The van der Waals surface area contributed by atoms with E-state index in [9.17, 15) is 9.90 Å². The average molecular weight is 203 g/mol. The van der Waals surface area contributed by atoms with E-state index in [1.165, 1.54) is 0 Å². The SMILES string of the molecule is CC(C)(O)CNCC(=O)OC(C)(C)C. The first-order chi connectivity index (χ1) is 6.10. The molecule has 0 atom stereocenters. The van der Waals surface area contributed by atoms with Gasteiger partial charge in [-0.2, -0.15) is 0 Å². The molecular formula is C10H21NO3. The number of esters is 1. The lowest BCUT2D eigenvalue weighted by molar-refractivity contribution is -0.153. The zero-order valence-corrected chi connectivity index (χ0v) is 9.68. The van der Waals surface area contributed by atoms with Crippen LogP contribution in [0.3, 0.4) is 0 Å². The molecule has 0 spiro atoms. The molecule has 4 nitrogen and oxygen atoms in total. The maximum absolute atomic E-state index is 11.2. The Balaban J connectivity index is 3.66. The minimum atomic E-state index is -0.804. The molecular weight excluding hydrogens is 182 g/mol. The van der Waals surface area contributed by atoms with Gasteiger partial charge in [0.2, 0.25) is 0 Å². The number of carbonyl (C=O) groups is 1. The Morgan fingerprint density at radius 3 is 2.14 bits per heavy atom. The van der Waals surface area contributed by atoms with Crippen LogP contribution in [-0.2, 0) is 9.53 Å². The van der Waals surface area contributed by atoms with Gasteiger partial charge in [-0.05, 0) is 34.6 Å². The smallest absolute Gasteiger partial charge is 0.320 e. The topological polar surface area (TPSA) is 58.6 Å². The van der Waals surface area contributed by atoms with Crippen LogP contribution < -0.4 is 5.32 Å². The molecule has 0 aromatic rings. The Hall–Kier alpha value is -0.610. The fraction of sp³-hybridized carbons (Fsp3) is 0.900. The monoisotopic (exact) mass is 203 g/mol. The van der Waals surface area contributed by atoms with E-state index in [4.69, 9.17) is 4.74 Å². The molecule has 0 aliphatic rings. The second kappa shape index (κ2) is 4.75. The number of carbonyl (C=O) groups excluding carboxylic acids is 1. The summed E-state index contributed by atoms with van der Waals surface area (Å²) in [5.41, 5.74) is -1.25. The van der Waals surface area contributed by atoms with Crippen molar-refractivity contribution in [3.8, 4) is 0 Å². The molecule has 0 saturated heterocycles. The van der Waals surface area contributed by atoms with Crippen molar-refractivity contribution in [2.45, 2.75) is 45.8 Å². The minimum Gasteiger partial charge on any atom is -0.459 e. The van der Waals surface area contributed by atoms with Crippen molar-refractivity contribution in [3.63, 3.8) is 0 Å². The predicted octanol–water partition coefficient (Wildman–Crippen LogP) is 0.689. The normalized spacial score (nSPS) is 12.7. The van der Waals surface area contributed by atoms with Crippen LogP contribution in [0.15, 0.2) is 0 Å². The Bertz CT molecular complexity index is 189. The number of nitrogens with one attached hydrogen (secondary N) is 1. The van der Waals surface area contributed by atoms with Crippen LogP contribution in [0, 0.1) is 0 Å². The van der Waals surface area contributed by atoms with E-state index in [1.807, 2.05) is 20.8 Å². The zero-order chi connectivity index (χ0) is 11.4. The summed E-state index contributed by atoms with van der Waals surface area (Å²) >= 11 is 0.